The van der Waals surface area contributed by atoms with Gasteiger partial charge in [0.25, 0.3) is 0 Å². The van der Waals surface area contributed by atoms with Gasteiger partial charge in [0, 0.05) is 14.2 Å². The molecule has 0 bridgehead atoms. The minimum absolute atomic E-state index is 0.903. The van der Waals surface area contributed by atoms with Crippen LogP contribution in [0.25, 0.3) is 0 Å². The first-order valence-electron chi connectivity index (χ1n) is 3.22. The first-order chi connectivity index (χ1) is 4.68. The van der Waals surface area contributed by atoms with Crippen LogP contribution in [0.1, 0.15) is 6.42 Å². The van der Waals surface area contributed by atoms with Crippen molar-refractivity contribution in [1.29, 1.82) is 0 Å². The molecule has 10 heavy (non-hydrogen) atoms. The van der Waals surface area contributed by atoms with Crippen LogP contribution in [0.15, 0.2) is 0 Å². The topological polar surface area (TPSA) is 18.5 Å². The summed E-state index contributed by atoms with van der Waals surface area (Å²) >= 11 is 4.70. The quantitative estimate of drug-likeness (QED) is 0.472. The van der Waals surface area contributed by atoms with Gasteiger partial charge in [0.05, 0.1) is 0 Å². The third kappa shape index (κ3) is 3.41. The van der Waals surface area contributed by atoms with E-state index in [1.165, 1.54) is 0 Å². The minimum atomic E-state index is -1.82. The van der Waals surface area contributed by atoms with Gasteiger partial charge in [0.1, 0.15) is 0 Å². The van der Waals surface area contributed by atoms with E-state index in [4.69, 9.17) is 21.1 Å². The van der Waals surface area contributed by atoms with E-state index >= 15 is 0 Å². The molecule has 0 aromatic carbocycles. The lowest BCUT2D eigenvalue weighted by Crippen LogP contribution is -2.35. The first-order valence-corrected chi connectivity index (χ1v) is 6.22. The van der Waals surface area contributed by atoms with Crippen LogP contribution in [-0.2, 0) is 8.85 Å². The maximum atomic E-state index is 5.24. The zero-order valence-electron chi connectivity index (χ0n) is 6.72. The Morgan fingerprint density at radius 3 is 2.20 bits per heavy atom. The Hall–Kier alpha value is 0.227. The average molecular weight is 178 g/mol. The van der Waals surface area contributed by atoms with Crippen molar-refractivity contribution in [1.82, 2.24) is 0 Å². The maximum absolute atomic E-state index is 5.24. The van der Waals surface area contributed by atoms with Crippen molar-refractivity contribution >= 4 is 26.1 Å². The fourth-order valence-electron chi connectivity index (χ4n) is 0.609. The van der Waals surface area contributed by atoms with Crippen molar-refractivity contribution in [2.45, 2.75) is 19.0 Å². The second-order valence-corrected chi connectivity index (χ2v) is 6.16. The number of hydrogen-bond donors (Lipinski definition) is 0. The standard InChI is InChI=1S/C6H14O2SSi/c1-7-10(3,8-2)6-4-5-9/h5H,4,6H2,1-3H3. The largest absolute Gasteiger partial charge is 0.398 e. The van der Waals surface area contributed by atoms with E-state index in [1.807, 2.05) is 6.55 Å². The molecule has 2 nitrogen and oxygen atoms in total. The molecule has 0 aromatic rings. The van der Waals surface area contributed by atoms with Gasteiger partial charge in [-0.25, -0.2) is 0 Å². The third-order valence-corrected chi connectivity index (χ3v) is 4.74. The Morgan fingerprint density at radius 2 is 1.90 bits per heavy atom. The summed E-state index contributed by atoms with van der Waals surface area (Å²) in [6, 6.07) is 0.948. The van der Waals surface area contributed by atoms with Gasteiger partial charge in [0.2, 0.25) is 0 Å². The van der Waals surface area contributed by atoms with Crippen LogP contribution in [0.4, 0.5) is 0 Å². The highest BCUT2D eigenvalue weighted by Crippen LogP contribution is 2.12. The zero-order valence-corrected chi connectivity index (χ0v) is 8.53. The van der Waals surface area contributed by atoms with Crippen LogP contribution in [0.2, 0.25) is 12.6 Å². The van der Waals surface area contributed by atoms with E-state index in [0.717, 1.165) is 12.5 Å². The van der Waals surface area contributed by atoms with Crippen LogP contribution in [0.3, 0.4) is 0 Å². The van der Waals surface area contributed by atoms with Crippen LogP contribution < -0.4 is 0 Å². The molecule has 0 aliphatic carbocycles. The van der Waals surface area contributed by atoms with E-state index in [0.29, 0.717) is 0 Å². The molecule has 0 heterocycles. The van der Waals surface area contributed by atoms with Crippen molar-refractivity contribution in [3.05, 3.63) is 0 Å². The monoisotopic (exact) mass is 178 g/mol. The minimum Gasteiger partial charge on any atom is -0.398 e. The molecule has 0 saturated heterocycles. The molecule has 0 unspecified atom stereocenters. The third-order valence-electron chi connectivity index (χ3n) is 1.58. The molecule has 0 saturated carbocycles. The first kappa shape index (κ1) is 10.2. The summed E-state index contributed by atoms with van der Waals surface area (Å²) < 4.78 is 10.5. The Kier molecular flexibility index (Phi) is 5.07. The van der Waals surface area contributed by atoms with Crippen LogP contribution in [0.5, 0.6) is 0 Å². The van der Waals surface area contributed by atoms with Gasteiger partial charge in [-0.1, -0.05) is 12.2 Å². The van der Waals surface area contributed by atoms with Gasteiger partial charge in [0.15, 0.2) is 0 Å². The van der Waals surface area contributed by atoms with E-state index in [1.54, 1.807) is 19.6 Å². The molecule has 0 fully saturated rings. The molecule has 0 atom stereocenters. The van der Waals surface area contributed by atoms with E-state index in [-0.39, 0.29) is 0 Å². The Balaban J connectivity index is 3.68. The van der Waals surface area contributed by atoms with Gasteiger partial charge in [-0.05, 0) is 24.4 Å². The lowest BCUT2D eigenvalue weighted by molar-refractivity contribution is 0.250. The van der Waals surface area contributed by atoms with Gasteiger partial charge in [-0.15, -0.1) is 0 Å². The molecule has 4 heteroatoms. The van der Waals surface area contributed by atoms with Crippen LogP contribution >= 0.6 is 12.2 Å². The van der Waals surface area contributed by atoms with Crippen LogP contribution in [-0.4, -0.2) is 28.1 Å². The second kappa shape index (κ2) is 4.95. The van der Waals surface area contributed by atoms with Gasteiger partial charge in [-0.3, -0.25) is 0 Å². The van der Waals surface area contributed by atoms with Gasteiger partial charge >= 0.3 is 8.56 Å². The summed E-state index contributed by atoms with van der Waals surface area (Å²) in [5.74, 6) is 0. The molecule has 0 amide bonds. The Bertz CT molecular complexity index is 104. The fraction of sp³-hybridized carbons (Fsp3) is 0.833. The number of thiocarbonyl (C=S) groups is 1. The fourth-order valence-corrected chi connectivity index (χ4v) is 2.18. The molecule has 0 N–H and O–H groups in total. The van der Waals surface area contributed by atoms with Crippen molar-refractivity contribution in [2.24, 2.45) is 0 Å². The van der Waals surface area contributed by atoms with Crippen molar-refractivity contribution < 1.29 is 8.85 Å². The average Bonchev–Trinajstić information content (AvgIpc) is 2.00. The molecular weight excluding hydrogens is 164 g/mol. The normalized spacial score (nSPS) is 11.5. The predicted octanol–water partition coefficient (Wildman–Crippen LogP) is 1.74. The molecule has 60 valence electrons. The lowest BCUT2D eigenvalue weighted by Gasteiger charge is -2.21. The summed E-state index contributed by atoms with van der Waals surface area (Å²) in [7, 11) is 1.57. The van der Waals surface area contributed by atoms with Crippen molar-refractivity contribution in [3.8, 4) is 0 Å². The zero-order chi connectivity index (χ0) is 8.04. The molecule has 0 spiro atoms. The second-order valence-electron chi connectivity index (χ2n) is 2.25. The summed E-state index contributed by atoms with van der Waals surface area (Å²) in [6.45, 7) is 2.03. The van der Waals surface area contributed by atoms with Crippen molar-refractivity contribution in [2.75, 3.05) is 14.2 Å². The lowest BCUT2D eigenvalue weighted by atomic mass is 10.6. The molecule has 0 rings (SSSR count). The van der Waals surface area contributed by atoms with E-state index in [2.05, 4.69) is 0 Å². The highest BCUT2D eigenvalue weighted by molar-refractivity contribution is 7.78. The molecule has 0 radical (unpaired) electrons. The van der Waals surface area contributed by atoms with E-state index in [9.17, 15) is 0 Å². The van der Waals surface area contributed by atoms with Crippen molar-refractivity contribution in [3.63, 3.8) is 0 Å². The maximum Gasteiger partial charge on any atom is 0.334 e. The molecule has 0 aliphatic heterocycles. The molecule has 0 aromatic heterocycles. The molecular formula is C6H14O2SSi. The Morgan fingerprint density at radius 1 is 1.40 bits per heavy atom. The number of rotatable bonds is 5. The summed E-state index contributed by atoms with van der Waals surface area (Å²) in [6.07, 6.45) is 0.903. The van der Waals surface area contributed by atoms with Crippen LogP contribution in [0, 0.1) is 0 Å². The van der Waals surface area contributed by atoms with Gasteiger partial charge < -0.3 is 8.85 Å². The molecule has 0 aliphatic rings. The summed E-state index contributed by atoms with van der Waals surface area (Å²) in [5.41, 5.74) is 0. The smallest absolute Gasteiger partial charge is 0.334 e. The highest BCUT2D eigenvalue weighted by atomic mass is 32.1. The number of hydrogen-bond acceptors (Lipinski definition) is 3. The summed E-state index contributed by atoms with van der Waals surface area (Å²) in [5, 5.41) is 1.73. The van der Waals surface area contributed by atoms with E-state index < -0.39 is 8.56 Å². The predicted molar refractivity (Wildman–Crippen MR) is 48.7 cm³/mol. The Labute approximate surface area is 68.8 Å². The highest BCUT2D eigenvalue weighted by Gasteiger charge is 2.26. The summed E-state index contributed by atoms with van der Waals surface area (Å²) in [4.78, 5) is 0. The SMILES string of the molecule is CO[Si](C)(CCC=S)OC. The van der Waals surface area contributed by atoms with Gasteiger partial charge in [-0.2, -0.15) is 0 Å².